The highest BCUT2D eigenvalue weighted by molar-refractivity contribution is 9.10. The maximum atomic E-state index is 12.3. The molecule has 0 fully saturated rings. The van der Waals surface area contributed by atoms with Crippen LogP contribution in [0.3, 0.4) is 0 Å². The van der Waals surface area contributed by atoms with Crippen LogP contribution < -0.4 is 15.4 Å². The summed E-state index contributed by atoms with van der Waals surface area (Å²) in [5, 5.41) is 5.51. The lowest BCUT2D eigenvalue weighted by molar-refractivity contribution is -0.120. The van der Waals surface area contributed by atoms with Crippen molar-refractivity contribution in [2.45, 2.75) is 13.2 Å². The van der Waals surface area contributed by atoms with Gasteiger partial charge in [-0.3, -0.25) is 4.79 Å². The molecular formula is C13H17BrF2N2O3. The lowest BCUT2D eigenvalue weighted by atomic mass is 10.2. The molecule has 1 aromatic rings. The quantitative estimate of drug-likeness (QED) is 0.655. The van der Waals surface area contributed by atoms with E-state index in [-0.39, 0.29) is 24.7 Å². The third kappa shape index (κ3) is 7.35. The summed E-state index contributed by atoms with van der Waals surface area (Å²) < 4.78 is 34.6. The van der Waals surface area contributed by atoms with Gasteiger partial charge in [-0.05, 0) is 18.2 Å². The second kappa shape index (κ2) is 9.64. The minimum Gasteiger partial charge on any atom is -0.434 e. The topological polar surface area (TPSA) is 59.6 Å². The van der Waals surface area contributed by atoms with Crippen LogP contribution in [0.15, 0.2) is 22.7 Å². The summed E-state index contributed by atoms with van der Waals surface area (Å²) in [7, 11) is 1.54. The van der Waals surface area contributed by atoms with E-state index in [1.165, 1.54) is 6.07 Å². The minimum absolute atomic E-state index is 0.0738. The fraction of sp³-hybridized carbons (Fsp3) is 0.462. The first-order valence-corrected chi connectivity index (χ1v) is 7.02. The van der Waals surface area contributed by atoms with Crippen molar-refractivity contribution in [2.75, 3.05) is 26.8 Å². The van der Waals surface area contributed by atoms with Crippen molar-refractivity contribution in [1.29, 1.82) is 0 Å². The van der Waals surface area contributed by atoms with Crippen LogP contribution in [0.1, 0.15) is 5.56 Å². The van der Waals surface area contributed by atoms with E-state index in [1.54, 1.807) is 19.2 Å². The number of nitrogens with one attached hydrogen (secondary N) is 2. The number of rotatable bonds is 9. The summed E-state index contributed by atoms with van der Waals surface area (Å²) in [6, 6.07) is 4.72. The van der Waals surface area contributed by atoms with Crippen LogP contribution in [-0.4, -0.2) is 39.3 Å². The standard InChI is InChI=1S/C13H17BrF2N2O3/c1-20-5-4-18-12(19)8-17-7-9-6-10(14)2-3-11(9)21-13(15)16/h2-3,6,13,17H,4-5,7-8H2,1H3,(H,18,19). The number of halogens is 3. The molecule has 0 saturated heterocycles. The predicted molar refractivity (Wildman–Crippen MR) is 77.4 cm³/mol. The molecule has 118 valence electrons. The molecule has 0 heterocycles. The Morgan fingerprint density at radius 1 is 1.43 bits per heavy atom. The van der Waals surface area contributed by atoms with Gasteiger partial charge in [-0.2, -0.15) is 8.78 Å². The first kappa shape index (κ1) is 17.8. The Balaban J connectivity index is 2.46. The largest absolute Gasteiger partial charge is 0.434 e. The SMILES string of the molecule is COCCNC(=O)CNCc1cc(Br)ccc1OC(F)F. The molecule has 0 aliphatic rings. The van der Waals surface area contributed by atoms with Crippen LogP contribution >= 0.6 is 15.9 Å². The smallest absolute Gasteiger partial charge is 0.387 e. The molecule has 0 atom stereocenters. The zero-order chi connectivity index (χ0) is 15.7. The highest BCUT2D eigenvalue weighted by Gasteiger charge is 2.10. The first-order chi connectivity index (χ1) is 10.0. The maximum Gasteiger partial charge on any atom is 0.387 e. The number of ether oxygens (including phenoxy) is 2. The van der Waals surface area contributed by atoms with E-state index in [4.69, 9.17) is 4.74 Å². The molecule has 0 unspecified atom stereocenters. The summed E-state index contributed by atoms with van der Waals surface area (Å²) in [5.41, 5.74) is 0.536. The Morgan fingerprint density at radius 3 is 2.86 bits per heavy atom. The minimum atomic E-state index is -2.89. The van der Waals surface area contributed by atoms with Crippen LogP contribution in [0.5, 0.6) is 5.75 Å². The second-order valence-corrected chi connectivity index (χ2v) is 4.99. The fourth-order valence-electron chi connectivity index (χ4n) is 1.56. The molecule has 0 aromatic heterocycles. The van der Waals surface area contributed by atoms with E-state index in [1.807, 2.05) is 0 Å². The zero-order valence-corrected chi connectivity index (χ0v) is 13.1. The number of carbonyl (C=O) groups excluding carboxylic acids is 1. The molecule has 5 nitrogen and oxygen atoms in total. The normalized spacial score (nSPS) is 10.7. The highest BCUT2D eigenvalue weighted by atomic mass is 79.9. The van der Waals surface area contributed by atoms with Crippen LogP contribution in [0, 0.1) is 0 Å². The molecule has 0 spiro atoms. The van der Waals surface area contributed by atoms with Gasteiger partial charge in [0.1, 0.15) is 5.75 Å². The van der Waals surface area contributed by atoms with E-state index >= 15 is 0 Å². The predicted octanol–water partition coefficient (Wildman–Crippen LogP) is 1.90. The van der Waals surface area contributed by atoms with E-state index in [9.17, 15) is 13.6 Å². The Bertz CT molecular complexity index is 461. The van der Waals surface area contributed by atoms with Crippen molar-refractivity contribution >= 4 is 21.8 Å². The number of amides is 1. The molecule has 1 rings (SSSR count). The molecule has 8 heteroatoms. The van der Waals surface area contributed by atoms with Crippen LogP contribution in [0.25, 0.3) is 0 Å². The van der Waals surface area contributed by atoms with Crippen LogP contribution in [-0.2, 0) is 16.1 Å². The Morgan fingerprint density at radius 2 is 2.19 bits per heavy atom. The van der Waals surface area contributed by atoms with Crippen LogP contribution in [0.2, 0.25) is 0 Å². The van der Waals surface area contributed by atoms with Gasteiger partial charge in [0.2, 0.25) is 5.91 Å². The molecule has 0 aliphatic heterocycles. The molecule has 0 radical (unpaired) electrons. The number of methoxy groups -OCH3 is 1. The number of hydrogen-bond donors (Lipinski definition) is 2. The average molecular weight is 367 g/mol. The monoisotopic (exact) mass is 366 g/mol. The molecule has 0 bridgehead atoms. The lowest BCUT2D eigenvalue weighted by Crippen LogP contribution is -2.35. The van der Waals surface area contributed by atoms with Crippen molar-refractivity contribution in [3.8, 4) is 5.75 Å². The van der Waals surface area contributed by atoms with Gasteiger partial charge in [0, 0.05) is 30.2 Å². The molecule has 1 amide bonds. The maximum absolute atomic E-state index is 12.3. The van der Waals surface area contributed by atoms with Crippen molar-refractivity contribution < 1.29 is 23.0 Å². The van der Waals surface area contributed by atoms with E-state index in [0.717, 1.165) is 4.47 Å². The number of benzene rings is 1. The third-order valence-corrected chi connectivity index (χ3v) is 2.96. The number of hydrogen-bond acceptors (Lipinski definition) is 4. The highest BCUT2D eigenvalue weighted by Crippen LogP contribution is 2.24. The number of carbonyl (C=O) groups is 1. The van der Waals surface area contributed by atoms with Gasteiger partial charge >= 0.3 is 6.61 Å². The van der Waals surface area contributed by atoms with Crippen molar-refractivity contribution in [2.24, 2.45) is 0 Å². The molecule has 0 aliphatic carbocycles. The van der Waals surface area contributed by atoms with Crippen molar-refractivity contribution in [1.82, 2.24) is 10.6 Å². The Labute approximate surface area is 130 Å². The molecular weight excluding hydrogens is 350 g/mol. The van der Waals surface area contributed by atoms with Crippen molar-refractivity contribution in [3.63, 3.8) is 0 Å². The molecule has 0 saturated carbocycles. The fourth-order valence-corrected chi connectivity index (χ4v) is 1.97. The summed E-state index contributed by atoms with van der Waals surface area (Å²) in [4.78, 5) is 11.4. The molecule has 1 aromatic carbocycles. The Hall–Kier alpha value is -1.25. The first-order valence-electron chi connectivity index (χ1n) is 6.22. The molecule has 2 N–H and O–H groups in total. The zero-order valence-electron chi connectivity index (χ0n) is 11.5. The van der Waals surface area contributed by atoms with Gasteiger partial charge in [-0.15, -0.1) is 0 Å². The van der Waals surface area contributed by atoms with Gasteiger partial charge in [0.15, 0.2) is 0 Å². The van der Waals surface area contributed by atoms with Gasteiger partial charge in [0.05, 0.1) is 13.2 Å². The number of alkyl halides is 2. The summed E-state index contributed by atoms with van der Waals surface area (Å²) in [6.07, 6.45) is 0. The Kier molecular flexibility index (Phi) is 8.17. The third-order valence-electron chi connectivity index (χ3n) is 2.47. The average Bonchev–Trinajstić information content (AvgIpc) is 2.41. The van der Waals surface area contributed by atoms with E-state index in [2.05, 4.69) is 31.3 Å². The van der Waals surface area contributed by atoms with Gasteiger partial charge in [-0.25, -0.2) is 0 Å². The van der Waals surface area contributed by atoms with Crippen molar-refractivity contribution in [3.05, 3.63) is 28.2 Å². The summed E-state index contributed by atoms with van der Waals surface area (Å²) in [6.45, 7) is -1.72. The van der Waals surface area contributed by atoms with Gasteiger partial charge in [-0.1, -0.05) is 15.9 Å². The summed E-state index contributed by atoms with van der Waals surface area (Å²) >= 11 is 3.26. The second-order valence-electron chi connectivity index (χ2n) is 4.08. The lowest BCUT2D eigenvalue weighted by Gasteiger charge is -2.12. The van der Waals surface area contributed by atoms with E-state index in [0.29, 0.717) is 18.7 Å². The summed E-state index contributed by atoms with van der Waals surface area (Å²) in [5.74, 6) is -0.112. The molecule has 21 heavy (non-hydrogen) atoms. The van der Waals surface area contributed by atoms with Crippen LogP contribution in [0.4, 0.5) is 8.78 Å². The van der Waals surface area contributed by atoms with Gasteiger partial charge in [0.25, 0.3) is 0 Å². The van der Waals surface area contributed by atoms with Gasteiger partial charge < -0.3 is 20.1 Å². The van der Waals surface area contributed by atoms with E-state index < -0.39 is 6.61 Å².